The molecular weight excluding hydrogens is 370 g/mol. The van der Waals surface area contributed by atoms with E-state index in [-0.39, 0.29) is 35.2 Å². The summed E-state index contributed by atoms with van der Waals surface area (Å²) in [5.74, 6) is -0.949. The van der Waals surface area contributed by atoms with Crippen LogP contribution in [0.15, 0.2) is 23.0 Å². The number of anilines is 3. The Hall–Kier alpha value is -3.16. The first-order valence-electron chi connectivity index (χ1n) is 9.99. The molecule has 1 atom stereocenters. The summed E-state index contributed by atoms with van der Waals surface area (Å²) < 4.78 is 0. The van der Waals surface area contributed by atoms with Crippen molar-refractivity contribution in [1.29, 1.82) is 0 Å². The highest BCUT2D eigenvalue weighted by molar-refractivity contribution is 6.04. The molecular formula is C21H25N5O3. The molecule has 8 nitrogen and oxygen atoms in total. The molecule has 8 heteroatoms. The molecule has 0 saturated carbocycles. The maximum Gasteiger partial charge on any atom is 0.258 e. The Kier molecular flexibility index (Phi) is 5.08. The minimum atomic E-state index is -0.884. The van der Waals surface area contributed by atoms with Crippen molar-refractivity contribution in [3.63, 3.8) is 0 Å². The van der Waals surface area contributed by atoms with Gasteiger partial charge in [-0.3, -0.25) is 19.4 Å². The van der Waals surface area contributed by atoms with Gasteiger partial charge in [-0.1, -0.05) is 12.1 Å². The van der Waals surface area contributed by atoms with Gasteiger partial charge in [0.15, 0.2) is 0 Å². The number of H-pyrrole nitrogens is 1. The van der Waals surface area contributed by atoms with Gasteiger partial charge in [-0.2, -0.15) is 4.98 Å². The molecule has 2 aliphatic rings. The molecule has 0 bridgehead atoms. The lowest BCUT2D eigenvalue weighted by Gasteiger charge is -2.29. The molecule has 2 aromatic rings. The average Bonchev–Trinajstić information content (AvgIpc) is 2.70. The van der Waals surface area contributed by atoms with Crippen LogP contribution in [0.25, 0.3) is 0 Å². The third-order valence-electron chi connectivity index (χ3n) is 5.56. The van der Waals surface area contributed by atoms with Crippen LogP contribution in [-0.4, -0.2) is 34.9 Å². The summed E-state index contributed by atoms with van der Waals surface area (Å²) in [4.78, 5) is 47.4. The number of rotatable bonds is 3. The van der Waals surface area contributed by atoms with Crippen LogP contribution in [0.1, 0.15) is 48.3 Å². The highest BCUT2D eigenvalue weighted by Gasteiger charge is 2.35. The summed E-state index contributed by atoms with van der Waals surface area (Å²) in [7, 11) is 0. The van der Waals surface area contributed by atoms with Gasteiger partial charge in [0.2, 0.25) is 17.8 Å². The molecule has 1 aromatic heterocycles. The number of carbonyl (C=O) groups is 2. The summed E-state index contributed by atoms with van der Waals surface area (Å²) >= 11 is 0. The van der Waals surface area contributed by atoms with Crippen molar-refractivity contribution in [3.8, 4) is 0 Å². The quantitative estimate of drug-likeness (QED) is 0.740. The average molecular weight is 395 g/mol. The molecule has 3 heterocycles. The zero-order chi connectivity index (χ0) is 20.5. The number of amides is 2. The van der Waals surface area contributed by atoms with E-state index < -0.39 is 5.92 Å². The van der Waals surface area contributed by atoms with Crippen LogP contribution < -0.4 is 21.1 Å². The molecule has 2 aliphatic heterocycles. The lowest BCUT2D eigenvalue weighted by atomic mass is 9.92. The predicted octanol–water partition coefficient (Wildman–Crippen LogP) is 2.44. The van der Waals surface area contributed by atoms with Crippen LogP contribution in [0, 0.1) is 13.8 Å². The number of carbonyl (C=O) groups excluding carboxylic acids is 2. The van der Waals surface area contributed by atoms with Gasteiger partial charge in [-0.15, -0.1) is 0 Å². The van der Waals surface area contributed by atoms with E-state index in [0.717, 1.165) is 43.5 Å². The molecule has 4 rings (SSSR count). The number of fused-ring (bicyclic) bond motifs is 1. The largest absolute Gasteiger partial charge is 0.342 e. The van der Waals surface area contributed by atoms with Gasteiger partial charge in [0, 0.05) is 25.2 Å². The normalized spacial score (nSPS) is 18.8. The first-order valence-corrected chi connectivity index (χ1v) is 9.99. The first-order chi connectivity index (χ1) is 13.9. The standard InChI is InChI=1S/C21H25N5O3/c1-12-6-7-13(2)15(10-12)22-19(28)14-11-16(27)23-18-17(14)20(29)25-21(24-18)26-8-4-3-5-9-26/h6-7,10,14H,3-5,8-9,11H2,1-2H3,(H,22,28)(H2,23,24,25,27,29)/t14-/m1/s1. The molecule has 1 saturated heterocycles. The van der Waals surface area contributed by atoms with Crippen LogP contribution in [0.4, 0.5) is 17.5 Å². The Labute approximate surface area is 168 Å². The van der Waals surface area contributed by atoms with Gasteiger partial charge in [0.05, 0.1) is 11.5 Å². The van der Waals surface area contributed by atoms with Crippen molar-refractivity contribution in [3.05, 3.63) is 45.2 Å². The maximum absolute atomic E-state index is 13.0. The number of piperidine rings is 1. The summed E-state index contributed by atoms with van der Waals surface area (Å²) in [6.45, 7) is 5.46. The number of hydrogen-bond donors (Lipinski definition) is 3. The fraction of sp³-hybridized carbons (Fsp3) is 0.429. The number of nitrogens with zero attached hydrogens (tertiary/aromatic N) is 2. The highest BCUT2D eigenvalue weighted by Crippen LogP contribution is 2.31. The highest BCUT2D eigenvalue weighted by atomic mass is 16.2. The van der Waals surface area contributed by atoms with Crippen molar-refractivity contribution < 1.29 is 9.59 Å². The number of aryl methyl sites for hydroxylation is 2. The van der Waals surface area contributed by atoms with Crippen molar-refractivity contribution in [2.24, 2.45) is 0 Å². The van der Waals surface area contributed by atoms with Gasteiger partial charge in [0.1, 0.15) is 5.82 Å². The van der Waals surface area contributed by atoms with Crippen LogP contribution in [0.5, 0.6) is 0 Å². The molecule has 1 aromatic carbocycles. The molecule has 29 heavy (non-hydrogen) atoms. The molecule has 1 fully saturated rings. The number of benzene rings is 1. The second-order valence-electron chi connectivity index (χ2n) is 7.81. The summed E-state index contributed by atoms with van der Waals surface area (Å²) in [5.41, 5.74) is 2.44. The topological polar surface area (TPSA) is 107 Å². The zero-order valence-electron chi connectivity index (χ0n) is 16.7. The Balaban J connectivity index is 1.66. The monoisotopic (exact) mass is 395 g/mol. The van der Waals surface area contributed by atoms with Gasteiger partial charge < -0.3 is 15.5 Å². The summed E-state index contributed by atoms with van der Waals surface area (Å²) in [5, 5.41) is 5.55. The van der Waals surface area contributed by atoms with Crippen LogP contribution in [0.2, 0.25) is 0 Å². The van der Waals surface area contributed by atoms with E-state index in [9.17, 15) is 14.4 Å². The Morgan fingerprint density at radius 3 is 2.69 bits per heavy atom. The molecule has 0 unspecified atom stereocenters. The van der Waals surface area contributed by atoms with E-state index in [2.05, 4.69) is 20.6 Å². The number of nitrogens with one attached hydrogen (secondary N) is 3. The molecule has 2 amide bonds. The fourth-order valence-electron chi connectivity index (χ4n) is 3.93. The lowest BCUT2D eigenvalue weighted by Crippen LogP contribution is -2.38. The van der Waals surface area contributed by atoms with E-state index in [4.69, 9.17) is 0 Å². The Bertz CT molecular complexity index is 1020. The SMILES string of the molecule is Cc1ccc(C)c(NC(=O)[C@@H]2CC(=O)Nc3nc(N4CCCCC4)[nH]c(=O)c32)c1. The number of hydrogen-bond acceptors (Lipinski definition) is 5. The minimum Gasteiger partial charge on any atom is -0.342 e. The Morgan fingerprint density at radius 1 is 1.17 bits per heavy atom. The molecule has 152 valence electrons. The molecule has 0 radical (unpaired) electrons. The summed E-state index contributed by atoms with van der Waals surface area (Å²) in [6.07, 6.45) is 3.14. The van der Waals surface area contributed by atoms with Crippen molar-refractivity contribution in [2.45, 2.75) is 45.4 Å². The number of aromatic nitrogens is 2. The maximum atomic E-state index is 13.0. The van der Waals surface area contributed by atoms with Crippen LogP contribution >= 0.6 is 0 Å². The minimum absolute atomic E-state index is 0.0858. The second-order valence-corrected chi connectivity index (χ2v) is 7.81. The fourth-order valence-corrected chi connectivity index (χ4v) is 3.93. The summed E-state index contributed by atoms with van der Waals surface area (Å²) in [6, 6.07) is 5.76. The number of aromatic amines is 1. The van der Waals surface area contributed by atoms with E-state index in [0.29, 0.717) is 11.6 Å². The third kappa shape index (κ3) is 3.87. The van der Waals surface area contributed by atoms with Gasteiger partial charge in [-0.25, -0.2) is 0 Å². The van der Waals surface area contributed by atoms with Gasteiger partial charge in [0.25, 0.3) is 5.56 Å². The van der Waals surface area contributed by atoms with E-state index in [1.165, 1.54) is 0 Å². The smallest absolute Gasteiger partial charge is 0.258 e. The second kappa shape index (κ2) is 7.69. The zero-order valence-corrected chi connectivity index (χ0v) is 16.7. The van der Waals surface area contributed by atoms with Crippen LogP contribution in [-0.2, 0) is 9.59 Å². The predicted molar refractivity (Wildman–Crippen MR) is 111 cm³/mol. The third-order valence-corrected chi connectivity index (χ3v) is 5.56. The Morgan fingerprint density at radius 2 is 1.93 bits per heavy atom. The first kappa shape index (κ1) is 19.2. The molecule has 3 N–H and O–H groups in total. The van der Waals surface area contributed by atoms with Gasteiger partial charge >= 0.3 is 0 Å². The van der Waals surface area contributed by atoms with Crippen molar-refractivity contribution in [1.82, 2.24) is 9.97 Å². The van der Waals surface area contributed by atoms with Crippen molar-refractivity contribution >= 4 is 29.3 Å². The molecule has 0 spiro atoms. The van der Waals surface area contributed by atoms with E-state index >= 15 is 0 Å². The lowest BCUT2D eigenvalue weighted by molar-refractivity contribution is -0.123. The van der Waals surface area contributed by atoms with Crippen LogP contribution in [0.3, 0.4) is 0 Å². The molecule has 0 aliphatic carbocycles. The van der Waals surface area contributed by atoms with Gasteiger partial charge in [-0.05, 0) is 50.3 Å². The van der Waals surface area contributed by atoms with E-state index in [1.54, 1.807) is 0 Å². The van der Waals surface area contributed by atoms with Crippen molar-refractivity contribution in [2.75, 3.05) is 28.6 Å². The van der Waals surface area contributed by atoms with E-state index in [1.807, 2.05) is 36.9 Å².